The van der Waals surface area contributed by atoms with Crippen molar-refractivity contribution in [3.8, 4) is 0 Å². The second-order valence-corrected chi connectivity index (χ2v) is 4.48. The van der Waals surface area contributed by atoms with Crippen LogP contribution in [0.2, 0.25) is 0 Å². The Labute approximate surface area is 117 Å². The molecule has 6 heteroatoms. The molecule has 0 aliphatic carbocycles. The molecule has 0 fully saturated rings. The first-order valence-corrected chi connectivity index (χ1v) is 6.43. The van der Waals surface area contributed by atoms with Gasteiger partial charge in [-0.15, -0.1) is 10.2 Å². The summed E-state index contributed by atoms with van der Waals surface area (Å²) in [6, 6.07) is 8.11. The van der Waals surface area contributed by atoms with E-state index < -0.39 is 0 Å². The quantitative estimate of drug-likeness (QED) is 0.658. The van der Waals surface area contributed by atoms with Crippen LogP contribution < -0.4 is 11.0 Å². The van der Waals surface area contributed by atoms with E-state index >= 15 is 0 Å². The molecule has 6 nitrogen and oxygen atoms in total. The van der Waals surface area contributed by atoms with Crippen LogP contribution in [0.4, 0.5) is 5.95 Å². The average Bonchev–Trinajstić information content (AvgIpc) is 2.45. The van der Waals surface area contributed by atoms with Crippen molar-refractivity contribution in [3.63, 3.8) is 0 Å². The lowest BCUT2D eigenvalue weighted by molar-refractivity contribution is 0.896. The molecule has 0 radical (unpaired) electrons. The van der Waals surface area contributed by atoms with Gasteiger partial charge in [-0.2, -0.15) is 5.10 Å². The van der Waals surface area contributed by atoms with Gasteiger partial charge in [0, 0.05) is 0 Å². The number of aromatic amines is 1. The summed E-state index contributed by atoms with van der Waals surface area (Å²) in [6.07, 6.45) is 0.763. The molecule has 0 unspecified atom stereocenters. The standard InChI is InChI=1S/C14H17N5O/c1-4-12(11-7-5-9(2)6-8-11)17-19-14-15-13(20)10(3)16-18-14/h5-8H,4H2,1-3H3,(H2,15,18,19,20)/b17-12-. The maximum Gasteiger partial charge on any atom is 0.274 e. The molecule has 0 aliphatic rings. The minimum atomic E-state index is -0.272. The third-order valence-corrected chi connectivity index (χ3v) is 2.88. The number of nitrogens with zero attached hydrogens (tertiary/aromatic N) is 3. The lowest BCUT2D eigenvalue weighted by Gasteiger charge is -2.05. The molecular formula is C14H17N5O. The Morgan fingerprint density at radius 1 is 1.25 bits per heavy atom. The Kier molecular flexibility index (Phi) is 4.24. The van der Waals surface area contributed by atoms with E-state index in [1.165, 1.54) is 5.56 Å². The van der Waals surface area contributed by atoms with Gasteiger partial charge in [-0.05, 0) is 25.8 Å². The first kappa shape index (κ1) is 13.9. The molecule has 2 aromatic rings. The molecule has 2 N–H and O–H groups in total. The van der Waals surface area contributed by atoms with Crippen LogP contribution >= 0.6 is 0 Å². The van der Waals surface area contributed by atoms with Crippen molar-refractivity contribution in [2.45, 2.75) is 27.2 Å². The number of hydrogen-bond donors (Lipinski definition) is 2. The SMILES string of the molecule is CC/C(=N/Nc1nnc(C)c(=O)[nH]1)c1ccc(C)cc1. The molecule has 1 aromatic carbocycles. The van der Waals surface area contributed by atoms with E-state index in [-0.39, 0.29) is 11.5 Å². The van der Waals surface area contributed by atoms with Crippen molar-refractivity contribution in [2.24, 2.45) is 5.10 Å². The highest BCUT2D eigenvalue weighted by Crippen LogP contribution is 2.07. The Hall–Kier alpha value is -2.50. The van der Waals surface area contributed by atoms with Gasteiger partial charge in [0.1, 0.15) is 5.69 Å². The molecule has 0 atom stereocenters. The van der Waals surface area contributed by atoms with Crippen molar-refractivity contribution >= 4 is 11.7 Å². The van der Waals surface area contributed by atoms with Crippen LogP contribution in [0.1, 0.15) is 30.2 Å². The molecule has 0 amide bonds. The predicted octanol–water partition coefficient (Wildman–Crippen LogP) is 2.01. The average molecular weight is 271 g/mol. The second-order valence-electron chi connectivity index (χ2n) is 4.48. The zero-order valence-corrected chi connectivity index (χ0v) is 11.8. The van der Waals surface area contributed by atoms with Crippen molar-refractivity contribution in [3.05, 3.63) is 51.4 Å². The fourth-order valence-electron chi connectivity index (χ4n) is 1.66. The van der Waals surface area contributed by atoms with Gasteiger partial charge in [0.2, 0.25) is 5.95 Å². The minimum absolute atomic E-state index is 0.235. The summed E-state index contributed by atoms with van der Waals surface area (Å²) in [4.78, 5) is 14.0. The number of aryl methyl sites for hydroxylation is 2. The molecule has 0 saturated heterocycles. The van der Waals surface area contributed by atoms with Crippen molar-refractivity contribution in [1.82, 2.24) is 15.2 Å². The summed E-state index contributed by atoms with van der Waals surface area (Å²) in [7, 11) is 0. The van der Waals surface area contributed by atoms with E-state index in [1.807, 2.05) is 38.1 Å². The van der Waals surface area contributed by atoms with Gasteiger partial charge in [-0.1, -0.05) is 36.8 Å². The molecule has 0 spiro atoms. The highest BCUT2D eigenvalue weighted by atomic mass is 16.1. The second kappa shape index (κ2) is 6.10. The monoisotopic (exact) mass is 271 g/mol. The van der Waals surface area contributed by atoms with Crippen molar-refractivity contribution < 1.29 is 0 Å². The third kappa shape index (κ3) is 3.28. The highest BCUT2D eigenvalue weighted by molar-refractivity contribution is 6.00. The van der Waals surface area contributed by atoms with Crippen molar-refractivity contribution in [2.75, 3.05) is 5.43 Å². The number of rotatable bonds is 4. The van der Waals surface area contributed by atoms with E-state index in [1.54, 1.807) is 6.92 Å². The number of anilines is 1. The Bertz CT molecular complexity index is 673. The number of benzene rings is 1. The third-order valence-electron chi connectivity index (χ3n) is 2.88. The lowest BCUT2D eigenvalue weighted by Crippen LogP contribution is -2.16. The zero-order chi connectivity index (χ0) is 14.5. The number of aromatic nitrogens is 3. The van der Waals surface area contributed by atoms with Gasteiger partial charge in [0.25, 0.3) is 5.56 Å². The van der Waals surface area contributed by atoms with Gasteiger partial charge in [-0.25, -0.2) is 5.43 Å². The van der Waals surface area contributed by atoms with Gasteiger partial charge in [-0.3, -0.25) is 9.78 Å². The van der Waals surface area contributed by atoms with Crippen LogP contribution in [0.25, 0.3) is 0 Å². The normalized spacial score (nSPS) is 11.4. The first-order chi connectivity index (χ1) is 9.60. The van der Waals surface area contributed by atoms with Crippen LogP contribution in [0.3, 0.4) is 0 Å². The Morgan fingerprint density at radius 2 is 1.95 bits per heavy atom. The van der Waals surface area contributed by atoms with Gasteiger partial charge >= 0.3 is 0 Å². The molecule has 20 heavy (non-hydrogen) atoms. The van der Waals surface area contributed by atoms with E-state index in [9.17, 15) is 4.79 Å². The highest BCUT2D eigenvalue weighted by Gasteiger charge is 2.02. The summed E-state index contributed by atoms with van der Waals surface area (Å²) in [5.41, 5.74) is 5.91. The van der Waals surface area contributed by atoms with Crippen LogP contribution in [-0.4, -0.2) is 20.9 Å². The summed E-state index contributed by atoms with van der Waals surface area (Å²) >= 11 is 0. The number of hydrazone groups is 1. The van der Waals surface area contributed by atoms with Crippen LogP contribution in [0, 0.1) is 13.8 Å². The molecule has 0 bridgehead atoms. The molecule has 2 rings (SSSR count). The van der Waals surface area contributed by atoms with Crippen molar-refractivity contribution in [1.29, 1.82) is 0 Å². The van der Waals surface area contributed by atoms with Crippen LogP contribution in [0.15, 0.2) is 34.2 Å². The summed E-state index contributed by atoms with van der Waals surface area (Å²) in [5, 5.41) is 11.8. The van der Waals surface area contributed by atoms with Crippen LogP contribution in [0.5, 0.6) is 0 Å². The van der Waals surface area contributed by atoms with Gasteiger partial charge in [0.15, 0.2) is 0 Å². The summed E-state index contributed by atoms with van der Waals surface area (Å²) in [6.45, 7) is 5.66. The largest absolute Gasteiger partial charge is 0.288 e. The predicted molar refractivity (Wildman–Crippen MR) is 79.0 cm³/mol. The Morgan fingerprint density at radius 3 is 2.55 bits per heavy atom. The number of nitrogens with one attached hydrogen (secondary N) is 2. The van der Waals surface area contributed by atoms with E-state index in [0.717, 1.165) is 17.7 Å². The lowest BCUT2D eigenvalue weighted by atomic mass is 10.1. The molecule has 0 aliphatic heterocycles. The van der Waals surface area contributed by atoms with E-state index in [2.05, 4.69) is 25.7 Å². The molecule has 1 heterocycles. The van der Waals surface area contributed by atoms with E-state index in [4.69, 9.17) is 0 Å². The molecule has 0 saturated carbocycles. The molecule has 1 aromatic heterocycles. The fourth-order valence-corrected chi connectivity index (χ4v) is 1.66. The van der Waals surface area contributed by atoms with E-state index in [0.29, 0.717) is 5.69 Å². The van der Waals surface area contributed by atoms with Crippen LogP contribution in [-0.2, 0) is 0 Å². The summed E-state index contributed by atoms with van der Waals surface area (Å²) < 4.78 is 0. The molecule has 104 valence electrons. The first-order valence-electron chi connectivity index (χ1n) is 6.43. The maximum atomic E-state index is 11.4. The molecular weight excluding hydrogens is 254 g/mol. The topological polar surface area (TPSA) is 83.0 Å². The number of H-pyrrole nitrogens is 1. The Balaban J connectivity index is 2.21. The summed E-state index contributed by atoms with van der Waals surface area (Å²) in [5.74, 6) is 0.235. The zero-order valence-electron chi connectivity index (χ0n) is 11.8. The minimum Gasteiger partial charge on any atom is -0.288 e. The van der Waals surface area contributed by atoms with Gasteiger partial charge in [0.05, 0.1) is 5.71 Å². The smallest absolute Gasteiger partial charge is 0.274 e. The fraction of sp³-hybridized carbons (Fsp3) is 0.286. The maximum absolute atomic E-state index is 11.4. The number of hydrogen-bond acceptors (Lipinski definition) is 5. The van der Waals surface area contributed by atoms with Gasteiger partial charge < -0.3 is 0 Å².